The number of carbonyl (C=O) groups is 2. The van der Waals surface area contributed by atoms with E-state index in [1.165, 1.54) is 7.11 Å². The highest BCUT2D eigenvalue weighted by atomic mass is 16.5. The number of carbonyl (C=O) groups excluding carboxylic acids is 2. The van der Waals surface area contributed by atoms with Gasteiger partial charge in [0.2, 0.25) is 5.91 Å². The molecule has 1 amide bonds. The normalized spacial score (nSPS) is 17.0. The standard InChI is InChI=1S/C22H25NO5/c1-26-22(25)20(23-21(24)18-11-12-27-15-18)13-16-7-9-19(10-8-16)28-14-17-5-3-2-4-6-17/h2-10,18,20H,11-15H2,1H3,(H,23,24)/t18-,20-/m0/s1. The summed E-state index contributed by atoms with van der Waals surface area (Å²) < 4.78 is 15.9. The molecule has 1 aliphatic heterocycles. The molecule has 0 aliphatic carbocycles. The largest absolute Gasteiger partial charge is 0.489 e. The first-order valence-corrected chi connectivity index (χ1v) is 9.37. The number of hydrogen-bond donors (Lipinski definition) is 1. The molecule has 148 valence electrons. The molecule has 0 bridgehead atoms. The van der Waals surface area contributed by atoms with Crippen LogP contribution in [0, 0.1) is 5.92 Å². The van der Waals surface area contributed by atoms with Gasteiger partial charge in [0.25, 0.3) is 0 Å². The molecule has 3 rings (SSSR count). The number of ether oxygens (including phenoxy) is 3. The zero-order valence-electron chi connectivity index (χ0n) is 15.9. The van der Waals surface area contributed by atoms with Gasteiger partial charge >= 0.3 is 5.97 Å². The van der Waals surface area contributed by atoms with Gasteiger partial charge < -0.3 is 19.5 Å². The van der Waals surface area contributed by atoms with Crippen LogP contribution in [0.2, 0.25) is 0 Å². The van der Waals surface area contributed by atoms with E-state index in [0.717, 1.165) is 16.9 Å². The fraction of sp³-hybridized carbons (Fsp3) is 0.364. The van der Waals surface area contributed by atoms with Gasteiger partial charge in [-0.25, -0.2) is 4.79 Å². The average Bonchev–Trinajstić information content (AvgIpc) is 3.28. The lowest BCUT2D eigenvalue weighted by Crippen LogP contribution is -2.45. The molecule has 28 heavy (non-hydrogen) atoms. The van der Waals surface area contributed by atoms with Gasteiger partial charge in [-0.1, -0.05) is 42.5 Å². The van der Waals surface area contributed by atoms with E-state index in [1.807, 2.05) is 54.6 Å². The second kappa shape index (κ2) is 9.90. The number of esters is 1. The molecule has 1 N–H and O–H groups in total. The van der Waals surface area contributed by atoms with Crippen LogP contribution in [0.25, 0.3) is 0 Å². The molecule has 6 heteroatoms. The van der Waals surface area contributed by atoms with Gasteiger partial charge in [0.05, 0.1) is 19.6 Å². The van der Waals surface area contributed by atoms with Crippen molar-refractivity contribution in [2.75, 3.05) is 20.3 Å². The predicted octanol–water partition coefficient (Wildman–Crippen LogP) is 2.50. The molecule has 1 aliphatic rings. The van der Waals surface area contributed by atoms with E-state index >= 15 is 0 Å². The summed E-state index contributed by atoms with van der Waals surface area (Å²) in [7, 11) is 1.32. The summed E-state index contributed by atoms with van der Waals surface area (Å²) in [6.45, 7) is 1.46. The van der Waals surface area contributed by atoms with Gasteiger partial charge in [-0.3, -0.25) is 4.79 Å². The minimum absolute atomic E-state index is 0.171. The fourth-order valence-electron chi connectivity index (χ4n) is 3.06. The van der Waals surface area contributed by atoms with Crippen LogP contribution >= 0.6 is 0 Å². The van der Waals surface area contributed by atoms with Crippen molar-refractivity contribution < 1.29 is 23.8 Å². The Morgan fingerprint density at radius 1 is 1.11 bits per heavy atom. The van der Waals surface area contributed by atoms with E-state index in [1.54, 1.807) is 0 Å². The van der Waals surface area contributed by atoms with Crippen LogP contribution in [-0.2, 0) is 32.1 Å². The summed E-state index contributed by atoms with van der Waals surface area (Å²) in [6.07, 6.45) is 1.03. The second-order valence-electron chi connectivity index (χ2n) is 6.77. The number of rotatable bonds is 8. The summed E-state index contributed by atoms with van der Waals surface area (Å²) in [6, 6.07) is 16.7. The van der Waals surface area contributed by atoms with Crippen LogP contribution in [0.15, 0.2) is 54.6 Å². The number of hydrogen-bond acceptors (Lipinski definition) is 5. The highest BCUT2D eigenvalue weighted by Gasteiger charge is 2.28. The Bertz CT molecular complexity index is 769. The molecule has 0 saturated carbocycles. The Balaban J connectivity index is 1.57. The minimum Gasteiger partial charge on any atom is -0.489 e. The van der Waals surface area contributed by atoms with Crippen molar-refractivity contribution in [2.24, 2.45) is 5.92 Å². The van der Waals surface area contributed by atoms with E-state index in [2.05, 4.69) is 5.32 Å². The van der Waals surface area contributed by atoms with Crippen LogP contribution in [0.1, 0.15) is 17.5 Å². The lowest BCUT2D eigenvalue weighted by Gasteiger charge is -2.18. The van der Waals surface area contributed by atoms with Gasteiger partial charge in [0, 0.05) is 13.0 Å². The summed E-state index contributed by atoms with van der Waals surface area (Å²) in [5, 5.41) is 2.79. The Morgan fingerprint density at radius 2 is 1.86 bits per heavy atom. The van der Waals surface area contributed by atoms with E-state index in [0.29, 0.717) is 32.7 Å². The number of amides is 1. The minimum atomic E-state index is -0.728. The first-order valence-electron chi connectivity index (χ1n) is 9.37. The molecule has 0 unspecified atom stereocenters. The van der Waals surface area contributed by atoms with Crippen LogP contribution in [0.4, 0.5) is 0 Å². The molecule has 0 spiro atoms. The maximum Gasteiger partial charge on any atom is 0.328 e. The maximum atomic E-state index is 12.3. The fourth-order valence-corrected chi connectivity index (χ4v) is 3.06. The molecule has 2 aromatic carbocycles. The number of nitrogens with one attached hydrogen (secondary N) is 1. The molecular formula is C22H25NO5. The van der Waals surface area contributed by atoms with Gasteiger partial charge in [0.15, 0.2) is 0 Å². The SMILES string of the molecule is COC(=O)[C@H](Cc1ccc(OCc2ccccc2)cc1)NC(=O)[C@H]1CCOC1. The molecule has 6 nitrogen and oxygen atoms in total. The van der Waals surface area contributed by atoms with E-state index in [4.69, 9.17) is 14.2 Å². The van der Waals surface area contributed by atoms with Crippen LogP contribution in [0.5, 0.6) is 5.75 Å². The molecule has 0 aromatic heterocycles. The van der Waals surface area contributed by atoms with Crippen molar-refractivity contribution >= 4 is 11.9 Å². The molecule has 1 heterocycles. The average molecular weight is 383 g/mol. The third-order valence-electron chi connectivity index (χ3n) is 4.71. The second-order valence-corrected chi connectivity index (χ2v) is 6.77. The third kappa shape index (κ3) is 5.57. The van der Waals surface area contributed by atoms with Gasteiger partial charge in [-0.15, -0.1) is 0 Å². The molecule has 1 saturated heterocycles. The Labute approximate surface area is 164 Å². The van der Waals surface area contributed by atoms with E-state index in [9.17, 15) is 9.59 Å². The summed E-state index contributed by atoms with van der Waals surface area (Å²) >= 11 is 0. The van der Waals surface area contributed by atoms with E-state index < -0.39 is 12.0 Å². The third-order valence-corrected chi connectivity index (χ3v) is 4.71. The molecule has 0 radical (unpaired) electrons. The Kier molecular flexibility index (Phi) is 7.03. The van der Waals surface area contributed by atoms with Crippen LogP contribution < -0.4 is 10.1 Å². The van der Waals surface area contributed by atoms with E-state index in [-0.39, 0.29) is 11.8 Å². The van der Waals surface area contributed by atoms with Gasteiger partial charge in [0.1, 0.15) is 18.4 Å². The predicted molar refractivity (Wildman–Crippen MR) is 104 cm³/mol. The number of methoxy groups -OCH3 is 1. The smallest absolute Gasteiger partial charge is 0.328 e. The first kappa shape index (κ1) is 19.9. The molecule has 2 aromatic rings. The quantitative estimate of drug-likeness (QED) is 0.709. The molecular weight excluding hydrogens is 358 g/mol. The van der Waals surface area contributed by atoms with Crippen molar-refractivity contribution in [1.29, 1.82) is 0 Å². The summed E-state index contributed by atoms with van der Waals surface area (Å²) in [5.74, 6) is -0.0948. The Hall–Kier alpha value is -2.86. The monoisotopic (exact) mass is 383 g/mol. The van der Waals surface area contributed by atoms with Gasteiger partial charge in [-0.05, 0) is 29.7 Å². The van der Waals surface area contributed by atoms with Crippen LogP contribution in [-0.4, -0.2) is 38.2 Å². The lowest BCUT2D eigenvalue weighted by atomic mass is 10.0. The highest BCUT2D eigenvalue weighted by molar-refractivity contribution is 5.86. The molecule has 2 atom stereocenters. The van der Waals surface area contributed by atoms with Crippen molar-refractivity contribution in [1.82, 2.24) is 5.32 Å². The first-order chi connectivity index (χ1) is 13.7. The van der Waals surface area contributed by atoms with Crippen molar-refractivity contribution in [3.8, 4) is 5.75 Å². The maximum absolute atomic E-state index is 12.3. The van der Waals surface area contributed by atoms with Crippen molar-refractivity contribution in [3.63, 3.8) is 0 Å². The molecule has 1 fully saturated rings. The van der Waals surface area contributed by atoms with Crippen LogP contribution in [0.3, 0.4) is 0 Å². The van der Waals surface area contributed by atoms with Crippen molar-refractivity contribution in [3.05, 3.63) is 65.7 Å². The van der Waals surface area contributed by atoms with Crippen molar-refractivity contribution in [2.45, 2.75) is 25.5 Å². The highest BCUT2D eigenvalue weighted by Crippen LogP contribution is 2.17. The zero-order valence-corrected chi connectivity index (χ0v) is 15.9. The summed E-state index contributed by atoms with van der Waals surface area (Å²) in [5.41, 5.74) is 2.00. The zero-order chi connectivity index (χ0) is 19.8. The summed E-state index contributed by atoms with van der Waals surface area (Å²) in [4.78, 5) is 24.4. The van der Waals surface area contributed by atoms with Gasteiger partial charge in [-0.2, -0.15) is 0 Å². The lowest BCUT2D eigenvalue weighted by molar-refractivity contribution is -0.145. The Morgan fingerprint density at radius 3 is 2.50 bits per heavy atom. The topological polar surface area (TPSA) is 73.9 Å². The number of benzene rings is 2.